The fourth-order valence-electron chi connectivity index (χ4n) is 1.80. The molecule has 0 aromatic carbocycles. The molecule has 0 fully saturated rings. The summed E-state index contributed by atoms with van der Waals surface area (Å²) in [6.45, 7) is 0. The van der Waals surface area contributed by atoms with Crippen LogP contribution in [0.3, 0.4) is 0 Å². The maximum absolute atomic E-state index is 10.3. The predicted octanol–water partition coefficient (Wildman–Crippen LogP) is -0.482. The van der Waals surface area contributed by atoms with Gasteiger partial charge in [0, 0.05) is 22.5 Å². The summed E-state index contributed by atoms with van der Waals surface area (Å²) in [4.78, 5) is 19.7. The molecule has 2 heterocycles. The zero-order chi connectivity index (χ0) is 22.8. The molecule has 29 heavy (non-hydrogen) atoms. The number of hydrogen-bond acceptors (Lipinski definition) is 10. The number of aryl methyl sites for hydroxylation is 2. The zero-order valence-electron chi connectivity index (χ0n) is 15.7. The molecule has 0 spiro atoms. The van der Waals surface area contributed by atoms with E-state index in [-0.39, 0.29) is 11.4 Å². The normalized spacial score (nSPS) is 9.86. The lowest BCUT2D eigenvalue weighted by molar-refractivity contribution is -0.679. The molecule has 160 valence electrons. The third-order valence-corrected chi connectivity index (χ3v) is 2.98. The van der Waals surface area contributed by atoms with Crippen LogP contribution in [0.5, 0.6) is 11.8 Å². The molecule has 14 nitrogen and oxygen atoms in total. The number of hydrogen-bond donors (Lipinski definition) is 0. The Labute approximate surface area is 165 Å². The Kier molecular flexibility index (Phi) is 10.1. The van der Waals surface area contributed by atoms with Gasteiger partial charge in [-0.1, -0.05) is 0 Å². The van der Waals surface area contributed by atoms with E-state index in [0.717, 1.165) is 0 Å². The van der Waals surface area contributed by atoms with E-state index in [2.05, 4.69) is 0 Å². The highest BCUT2D eigenvalue weighted by Gasteiger charge is 2.15. The molecule has 0 aliphatic carbocycles. The van der Waals surface area contributed by atoms with Gasteiger partial charge in [-0.3, -0.25) is 28.6 Å². The van der Waals surface area contributed by atoms with Crippen LogP contribution < -0.4 is 18.6 Å². The maximum atomic E-state index is 10.3. The van der Waals surface area contributed by atoms with Gasteiger partial charge < -0.3 is 18.6 Å². The van der Waals surface area contributed by atoms with Crippen LogP contribution in [-0.2, 0) is 24.5 Å². The van der Waals surface area contributed by atoms with Gasteiger partial charge in [0.25, 0.3) is 0 Å². The molecule has 0 amide bonds. The molecule has 0 bridgehead atoms. The van der Waals surface area contributed by atoms with Crippen molar-refractivity contribution in [1.82, 2.24) is 0 Å². The number of ether oxygens (including phenoxy) is 2. The lowest BCUT2D eigenvalue weighted by Gasteiger charge is -2.06. The van der Waals surface area contributed by atoms with Crippen molar-refractivity contribution in [2.75, 3.05) is 14.2 Å². The van der Waals surface area contributed by atoms with Crippen molar-refractivity contribution in [3.05, 3.63) is 56.9 Å². The standard InChI is InChI=1S/2C7H9N2O3.H2O4S/c2*1-8-5-6(9(10)11)3-4-7(8)12-2;1-5(2,3)4/h2*3-5H,1-2H3;(H2,1,2,3,4)/q2*+1;/p-2. The minimum Gasteiger partial charge on any atom is -0.759 e. The zero-order valence-corrected chi connectivity index (χ0v) is 16.6. The Morgan fingerprint density at radius 1 is 0.793 bits per heavy atom. The van der Waals surface area contributed by atoms with E-state index in [1.807, 2.05) is 0 Å². The minimum absolute atomic E-state index is 0.0540. The summed E-state index contributed by atoms with van der Waals surface area (Å²) in [5, 5.41) is 20.6. The van der Waals surface area contributed by atoms with E-state index < -0.39 is 20.2 Å². The topological polar surface area (TPSA) is 193 Å². The van der Waals surface area contributed by atoms with Crippen molar-refractivity contribution in [3.8, 4) is 11.8 Å². The van der Waals surface area contributed by atoms with Crippen LogP contribution in [0.4, 0.5) is 11.4 Å². The van der Waals surface area contributed by atoms with Gasteiger partial charge in [-0.15, -0.1) is 0 Å². The Bertz CT molecular complexity index is 893. The fraction of sp³-hybridized carbons (Fsp3) is 0.286. The lowest BCUT2D eigenvalue weighted by Crippen LogP contribution is -2.29. The molecule has 0 aliphatic rings. The Morgan fingerprint density at radius 3 is 1.24 bits per heavy atom. The Morgan fingerprint density at radius 2 is 1.07 bits per heavy atom. The number of aromatic nitrogens is 2. The number of nitrogens with zero attached hydrogens (tertiary/aromatic N) is 4. The smallest absolute Gasteiger partial charge is 0.367 e. The van der Waals surface area contributed by atoms with Gasteiger partial charge in [0.15, 0.2) is 0 Å². The SMILES string of the molecule is COc1ccc([N+](=O)[O-])c[n+]1C.COc1ccc([N+](=O)[O-])c[n+]1C.O=S(=O)([O-])[O-]. The minimum atomic E-state index is -5.17. The summed E-state index contributed by atoms with van der Waals surface area (Å²) < 4.78 is 47.0. The summed E-state index contributed by atoms with van der Waals surface area (Å²) in [6.07, 6.45) is 2.80. The number of pyridine rings is 2. The van der Waals surface area contributed by atoms with Gasteiger partial charge in [0.05, 0.1) is 36.2 Å². The van der Waals surface area contributed by atoms with Crippen LogP contribution >= 0.6 is 0 Å². The first-order valence-electron chi connectivity index (χ1n) is 7.33. The highest BCUT2D eigenvalue weighted by Crippen LogP contribution is 2.11. The number of rotatable bonds is 4. The third kappa shape index (κ3) is 10.5. The molecule has 0 saturated heterocycles. The summed E-state index contributed by atoms with van der Waals surface area (Å²) >= 11 is 0. The molecule has 2 rings (SSSR count). The first-order chi connectivity index (χ1) is 13.3. The van der Waals surface area contributed by atoms with Crippen LogP contribution in [0, 0.1) is 20.2 Å². The monoisotopic (exact) mass is 434 g/mol. The quantitative estimate of drug-likeness (QED) is 0.199. The van der Waals surface area contributed by atoms with Crippen molar-refractivity contribution in [1.29, 1.82) is 0 Å². The fourth-order valence-corrected chi connectivity index (χ4v) is 1.80. The highest BCUT2D eigenvalue weighted by atomic mass is 32.3. The van der Waals surface area contributed by atoms with Gasteiger partial charge in [-0.05, 0) is 0 Å². The van der Waals surface area contributed by atoms with Gasteiger partial charge in [-0.25, -0.2) is 0 Å². The summed E-state index contributed by atoms with van der Waals surface area (Å²) in [5.41, 5.74) is 0.108. The van der Waals surface area contributed by atoms with E-state index in [9.17, 15) is 20.2 Å². The van der Waals surface area contributed by atoms with E-state index in [4.69, 9.17) is 27.0 Å². The molecule has 0 unspecified atom stereocenters. The third-order valence-electron chi connectivity index (χ3n) is 2.98. The first-order valence-corrected chi connectivity index (χ1v) is 8.66. The van der Waals surface area contributed by atoms with Crippen molar-refractivity contribution in [3.63, 3.8) is 0 Å². The van der Waals surface area contributed by atoms with E-state index >= 15 is 0 Å². The molecule has 0 N–H and O–H groups in total. The largest absolute Gasteiger partial charge is 0.759 e. The van der Waals surface area contributed by atoms with E-state index in [0.29, 0.717) is 11.8 Å². The van der Waals surface area contributed by atoms with Crippen molar-refractivity contribution in [2.45, 2.75) is 0 Å². The van der Waals surface area contributed by atoms with Gasteiger partial charge in [0.2, 0.25) is 12.4 Å². The van der Waals surface area contributed by atoms with Crippen LogP contribution in [0.15, 0.2) is 36.7 Å². The molecular formula is C14H18N4O10S. The second kappa shape index (κ2) is 11.4. The molecule has 15 heteroatoms. The van der Waals surface area contributed by atoms with Crippen LogP contribution in [0.2, 0.25) is 0 Å². The molecule has 2 aromatic rings. The average Bonchev–Trinajstić information content (AvgIpc) is 2.60. The Balaban J connectivity index is 0.000000442. The van der Waals surface area contributed by atoms with Crippen LogP contribution in [0.25, 0.3) is 0 Å². The Hall–Kier alpha value is -3.43. The van der Waals surface area contributed by atoms with Gasteiger partial charge in [-0.2, -0.15) is 9.13 Å². The van der Waals surface area contributed by atoms with Crippen molar-refractivity contribution >= 4 is 21.8 Å². The summed E-state index contributed by atoms with van der Waals surface area (Å²) in [6, 6.07) is 5.91. The van der Waals surface area contributed by atoms with E-state index in [1.54, 1.807) is 35.4 Å². The van der Waals surface area contributed by atoms with Gasteiger partial charge in [0.1, 0.15) is 14.1 Å². The summed E-state index contributed by atoms with van der Waals surface area (Å²) in [7, 11) is 1.24. The van der Waals surface area contributed by atoms with Crippen molar-refractivity contribution < 1.29 is 46.0 Å². The molecule has 0 radical (unpaired) electrons. The second-order valence-electron chi connectivity index (χ2n) is 5.00. The van der Waals surface area contributed by atoms with Crippen LogP contribution in [-0.4, -0.2) is 41.6 Å². The number of methoxy groups -OCH3 is 2. The average molecular weight is 434 g/mol. The molecule has 0 atom stereocenters. The molecule has 0 saturated carbocycles. The van der Waals surface area contributed by atoms with Gasteiger partial charge >= 0.3 is 23.1 Å². The van der Waals surface area contributed by atoms with Crippen LogP contribution in [0.1, 0.15) is 0 Å². The summed E-state index contributed by atoms with van der Waals surface area (Å²) in [5.74, 6) is 1.17. The first kappa shape index (κ1) is 25.6. The number of nitro groups is 2. The molecule has 0 aliphatic heterocycles. The molecular weight excluding hydrogens is 416 g/mol. The lowest BCUT2D eigenvalue weighted by atomic mass is 10.4. The second-order valence-corrected chi connectivity index (χ2v) is 5.82. The maximum Gasteiger partial charge on any atom is 0.367 e. The van der Waals surface area contributed by atoms with E-state index in [1.165, 1.54) is 38.7 Å². The molecule has 2 aromatic heterocycles. The van der Waals surface area contributed by atoms with Crippen molar-refractivity contribution in [2.24, 2.45) is 14.1 Å². The highest BCUT2D eigenvalue weighted by molar-refractivity contribution is 7.79. The predicted molar refractivity (Wildman–Crippen MR) is 92.1 cm³/mol.